The van der Waals surface area contributed by atoms with Crippen LogP contribution in [0.2, 0.25) is 0 Å². The second kappa shape index (κ2) is 10.2. The van der Waals surface area contributed by atoms with Crippen molar-refractivity contribution in [1.82, 2.24) is 10.2 Å². The highest BCUT2D eigenvalue weighted by Crippen LogP contribution is 2.53. The summed E-state index contributed by atoms with van der Waals surface area (Å²) >= 11 is 0. The zero-order valence-corrected chi connectivity index (χ0v) is 24.1. The highest BCUT2D eigenvalue weighted by atomic mass is 16.3. The lowest BCUT2D eigenvalue weighted by Crippen LogP contribution is -2.63. The van der Waals surface area contributed by atoms with Crippen LogP contribution in [0, 0.1) is 17.8 Å². The van der Waals surface area contributed by atoms with Gasteiger partial charge in [-0.05, 0) is 62.9 Å². The zero-order valence-electron chi connectivity index (χ0n) is 24.1. The minimum Gasteiger partial charge on any atom is -0.510 e. The number of ketones is 2. The van der Waals surface area contributed by atoms with Gasteiger partial charge in [-0.3, -0.25) is 19.3 Å². The average Bonchev–Trinajstić information content (AvgIpc) is 2.83. The molecule has 7 N–H and O–H groups in total. The number of hydrogen-bond donors (Lipinski definition) is 6. The fourth-order valence-electron chi connectivity index (χ4n) is 6.57. The van der Waals surface area contributed by atoms with Crippen LogP contribution >= 0.6 is 0 Å². The molecule has 0 spiro atoms. The number of phenolic OH excluding ortho intramolecular Hbond substituents is 1. The number of aliphatic hydroxyl groups is 3. The lowest BCUT2D eigenvalue weighted by molar-refractivity contribution is -0.148. The average molecular weight is 557 g/mol. The Kier molecular flexibility index (Phi) is 7.55. The number of aromatic hydroxyl groups is 1. The number of carbonyl (C=O) groups excluding carboxylic acids is 3. The molecule has 3 aliphatic rings. The largest absolute Gasteiger partial charge is 0.510 e. The molecule has 0 bridgehead atoms. The number of primary amides is 1. The molecule has 11 nitrogen and oxygen atoms in total. The lowest BCUT2D eigenvalue weighted by atomic mass is 9.58. The van der Waals surface area contributed by atoms with E-state index in [1.54, 1.807) is 14.1 Å². The van der Waals surface area contributed by atoms with Gasteiger partial charge < -0.3 is 36.4 Å². The van der Waals surface area contributed by atoms with Crippen molar-refractivity contribution in [2.45, 2.75) is 57.8 Å². The minimum absolute atomic E-state index is 0.00476. The summed E-state index contributed by atoms with van der Waals surface area (Å²) in [6, 6.07) is 0.708. The highest BCUT2D eigenvalue weighted by Gasteiger charge is 2.63. The van der Waals surface area contributed by atoms with E-state index in [1.807, 2.05) is 19.0 Å². The Morgan fingerprint density at radius 1 is 1.15 bits per heavy atom. The van der Waals surface area contributed by atoms with Crippen LogP contribution in [0.25, 0.3) is 0 Å². The maximum Gasteiger partial charge on any atom is 0.255 e. The fraction of sp³-hybridized carbons (Fsp3) is 0.552. The quantitative estimate of drug-likeness (QED) is 0.269. The molecule has 218 valence electrons. The summed E-state index contributed by atoms with van der Waals surface area (Å²) in [4.78, 5) is 42.9. The molecule has 4 rings (SSSR count). The molecule has 0 radical (unpaired) electrons. The molecular formula is C29H40N4O7. The van der Waals surface area contributed by atoms with Crippen molar-refractivity contribution in [3.8, 4) is 5.75 Å². The van der Waals surface area contributed by atoms with Crippen molar-refractivity contribution < 1.29 is 34.8 Å². The van der Waals surface area contributed by atoms with Crippen LogP contribution in [0.4, 0.5) is 5.69 Å². The molecule has 1 amide bonds. The van der Waals surface area contributed by atoms with Gasteiger partial charge in [0.2, 0.25) is 5.78 Å². The van der Waals surface area contributed by atoms with Gasteiger partial charge in [-0.1, -0.05) is 13.8 Å². The Morgan fingerprint density at radius 3 is 2.30 bits per heavy atom. The van der Waals surface area contributed by atoms with Crippen molar-refractivity contribution >= 4 is 23.2 Å². The number of nitrogens with two attached hydrogens (primary N) is 1. The molecule has 1 aromatic rings. The first kappa shape index (κ1) is 29.6. The first-order valence-electron chi connectivity index (χ1n) is 13.5. The van der Waals surface area contributed by atoms with Crippen molar-refractivity contribution in [2.75, 3.05) is 33.1 Å². The molecule has 11 heteroatoms. The smallest absolute Gasteiger partial charge is 0.255 e. The monoisotopic (exact) mass is 556 g/mol. The first-order valence-corrected chi connectivity index (χ1v) is 13.5. The normalized spacial score (nSPS) is 27.1. The fourth-order valence-corrected chi connectivity index (χ4v) is 6.57. The molecular weight excluding hydrogens is 516 g/mol. The Balaban J connectivity index is 1.90. The third-order valence-corrected chi connectivity index (χ3v) is 8.84. The van der Waals surface area contributed by atoms with E-state index >= 15 is 0 Å². The number of fused-ring (bicyclic) bond motifs is 3. The molecule has 0 saturated heterocycles. The Labute approximate surface area is 233 Å². The van der Waals surface area contributed by atoms with Gasteiger partial charge in [0.1, 0.15) is 22.8 Å². The van der Waals surface area contributed by atoms with Crippen LogP contribution in [-0.4, -0.2) is 88.7 Å². The maximum atomic E-state index is 13.9. The van der Waals surface area contributed by atoms with Gasteiger partial charge in [0, 0.05) is 43.9 Å². The van der Waals surface area contributed by atoms with Crippen LogP contribution in [0.1, 0.15) is 48.7 Å². The van der Waals surface area contributed by atoms with Crippen molar-refractivity contribution in [3.05, 3.63) is 45.4 Å². The van der Waals surface area contributed by atoms with Gasteiger partial charge in [0.05, 0.1) is 11.6 Å². The number of nitrogens with one attached hydrogen (secondary N) is 1. The summed E-state index contributed by atoms with van der Waals surface area (Å²) in [6.07, 6.45) is 0.287. The Bertz CT molecular complexity index is 1350. The van der Waals surface area contributed by atoms with Crippen LogP contribution in [0.5, 0.6) is 5.75 Å². The third-order valence-electron chi connectivity index (χ3n) is 8.84. The molecule has 5 atom stereocenters. The van der Waals surface area contributed by atoms with Gasteiger partial charge in [-0.25, -0.2) is 0 Å². The molecule has 1 aromatic carbocycles. The number of carbonyl (C=O) groups is 3. The number of phenols is 1. The van der Waals surface area contributed by atoms with Gasteiger partial charge in [-0.15, -0.1) is 0 Å². The first-order chi connectivity index (χ1) is 18.5. The van der Waals surface area contributed by atoms with Crippen molar-refractivity contribution in [1.29, 1.82) is 0 Å². The number of Topliss-reactive ketones (excluding diaryl/α,β-unsaturated/α-hetero) is 2. The summed E-state index contributed by atoms with van der Waals surface area (Å²) in [5, 5.41) is 48.6. The molecule has 0 heterocycles. The number of aliphatic hydroxyl groups excluding tert-OH is 2. The third kappa shape index (κ3) is 4.27. The number of hydrogen-bond acceptors (Lipinski definition) is 10. The van der Waals surface area contributed by atoms with E-state index < -0.39 is 58.0 Å². The summed E-state index contributed by atoms with van der Waals surface area (Å²) in [6.45, 7) is 6.74. The van der Waals surface area contributed by atoms with E-state index in [0.717, 1.165) is 11.3 Å². The standard InChI is InChI=1S/C29H40N4O7/c1-12(2)13(3)31-11-15-10-18(34)20-16(22(15)32(4)5)8-14-9-17-23(33(6)7)25(36)21(28(30)39)27(38)29(17,40)26(37)19(14)24(20)35/h10,12-14,17,23,31,34,36-37,40H,8-9,11H2,1-7H3,(H2,30,39)/t13-,14-,17-,23-,29-/m0/s1. The molecule has 0 saturated carbocycles. The molecule has 0 unspecified atom stereocenters. The van der Waals surface area contributed by atoms with Gasteiger partial charge in [-0.2, -0.15) is 0 Å². The highest BCUT2D eigenvalue weighted by molar-refractivity contribution is 6.24. The number of amides is 1. The lowest BCUT2D eigenvalue weighted by Gasteiger charge is -2.50. The van der Waals surface area contributed by atoms with Crippen LogP contribution in [-0.2, 0) is 22.6 Å². The molecule has 0 aromatic heterocycles. The minimum atomic E-state index is -2.65. The Morgan fingerprint density at radius 2 is 1.77 bits per heavy atom. The maximum absolute atomic E-state index is 13.9. The van der Waals surface area contributed by atoms with E-state index in [2.05, 4.69) is 26.1 Å². The van der Waals surface area contributed by atoms with Crippen molar-refractivity contribution in [2.24, 2.45) is 23.5 Å². The van der Waals surface area contributed by atoms with Gasteiger partial charge in [0.25, 0.3) is 5.91 Å². The number of allylic oxidation sites excluding steroid dienone is 1. The van der Waals surface area contributed by atoms with E-state index in [-0.39, 0.29) is 35.8 Å². The van der Waals surface area contributed by atoms with Crippen LogP contribution in [0.3, 0.4) is 0 Å². The predicted octanol–water partition coefficient (Wildman–Crippen LogP) is 1.32. The Hall–Kier alpha value is -3.41. The predicted molar refractivity (Wildman–Crippen MR) is 149 cm³/mol. The van der Waals surface area contributed by atoms with E-state index in [1.165, 1.54) is 11.0 Å². The van der Waals surface area contributed by atoms with Crippen LogP contribution in [0.15, 0.2) is 28.7 Å². The summed E-state index contributed by atoms with van der Waals surface area (Å²) in [5.74, 6) is -6.21. The van der Waals surface area contributed by atoms with E-state index in [4.69, 9.17) is 5.73 Å². The zero-order chi connectivity index (χ0) is 30.0. The number of nitrogens with zero attached hydrogens (tertiary/aromatic N) is 2. The number of benzene rings is 1. The summed E-state index contributed by atoms with van der Waals surface area (Å²) in [7, 11) is 6.91. The van der Waals surface area contributed by atoms with Crippen molar-refractivity contribution in [3.63, 3.8) is 0 Å². The number of anilines is 1. The molecule has 3 aliphatic carbocycles. The molecule has 0 aliphatic heterocycles. The van der Waals surface area contributed by atoms with E-state index in [9.17, 15) is 34.8 Å². The SMILES string of the molecule is CC(C)[C@H](C)NCc1cc(O)c2c(c1N(C)C)C[C@H]1C[C@H]3[C@H](N(C)C)C(O)=C(C(N)=O)C(=O)[C@@]3(O)C(O)=C1C2=O. The second-order valence-electron chi connectivity index (χ2n) is 12.0. The number of likely N-dealkylation sites (N-methyl/N-ethyl adjacent to an activating group) is 1. The molecule has 0 fully saturated rings. The van der Waals surface area contributed by atoms with Gasteiger partial charge in [0.15, 0.2) is 11.4 Å². The molecule has 40 heavy (non-hydrogen) atoms. The van der Waals surface area contributed by atoms with Gasteiger partial charge >= 0.3 is 0 Å². The van der Waals surface area contributed by atoms with Crippen LogP contribution < -0.4 is 16.0 Å². The topological polar surface area (TPSA) is 177 Å². The summed E-state index contributed by atoms with van der Waals surface area (Å²) < 4.78 is 0. The number of rotatable bonds is 7. The summed E-state index contributed by atoms with van der Waals surface area (Å²) in [5.41, 5.74) is 3.93. The second-order valence-corrected chi connectivity index (χ2v) is 12.0. The van der Waals surface area contributed by atoms with E-state index in [0.29, 0.717) is 18.0 Å².